The number of hydrogen-bond donors (Lipinski definition) is 2. The van der Waals surface area contributed by atoms with Gasteiger partial charge in [0.1, 0.15) is 0 Å². The number of carboxylic acid groups (broad SMARTS) is 1. The molecule has 0 saturated heterocycles. The summed E-state index contributed by atoms with van der Waals surface area (Å²) in [6, 6.07) is 15.7. The van der Waals surface area contributed by atoms with Gasteiger partial charge in [0.05, 0.1) is 5.57 Å². The van der Waals surface area contributed by atoms with E-state index in [1.807, 2.05) is 13.1 Å². The van der Waals surface area contributed by atoms with Crippen LogP contribution in [0.25, 0.3) is 10.8 Å². The fraction of sp³-hybridized carbons (Fsp3) is 0.417. The predicted molar refractivity (Wildman–Crippen MR) is 114 cm³/mol. The lowest BCUT2D eigenvalue weighted by atomic mass is 9.80. The van der Waals surface area contributed by atoms with E-state index in [1.54, 1.807) is 0 Å². The van der Waals surface area contributed by atoms with Gasteiger partial charge in [-0.1, -0.05) is 42.5 Å². The van der Waals surface area contributed by atoms with Gasteiger partial charge in [-0.3, -0.25) is 4.99 Å². The molecule has 4 nitrogen and oxygen atoms in total. The Balaban J connectivity index is 1.46. The van der Waals surface area contributed by atoms with Crippen molar-refractivity contribution in [2.75, 3.05) is 0 Å². The van der Waals surface area contributed by atoms with E-state index in [-0.39, 0.29) is 12.0 Å². The number of carbonyl (C=O) groups is 1. The van der Waals surface area contributed by atoms with Crippen LogP contribution >= 0.6 is 0 Å². The average molecular weight is 377 g/mol. The largest absolute Gasteiger partial charge is 0.478 e. The van der Waals surface area contributed by atoms with Crippen molar-refractivity contribution in [3.8, 4) is 0 Å². The zero-order chi connectivity index (χ0) is 19.7. The fourth-order valence-corrected chi connectivity index (χ4v) is 5.11. The topological polar surface area (TPSA) is 61.7 Å². The molecule has 0 spiro atoms. The Morgan fingerprint density at radius 3 is 2.79 bits per heavy atom. The summed E-state index contributed by atoms with van der Waals surface area (Å²) in [5, 5.41) is 16.0. The van der Waals surface area contributed by atoms with E-state index in [2.05, 4.69) is 59.7 Å². The van der Waals surface area contributed by atoms with Crippen LogP contribution in [0.1, 0.15) is 51.1 Å². The van der Waals surface area contributed by atoms with Gasteiger partial charge in [-0.2, -0.15) is 0 Å². The van der Waals surface area contributed by atoms with Crippen molar-refractivity contribution in [1.29, 1.82) is 0 Å². The molecule has 2 N–H and O–H groups in total. The smallest absolute Gasteiger partial charge is 0.333 e. The van der Waals surface area contributed by atoms with Crippen molar-refractivity contribution in [3.05, 3.63) is 59.3 Å². The molecule has 4 rings (SSSR count). The summed E-state index contributed by atoms with van der Waals surface area (Å²) >= 11 is 0. The Labute approximate surface area is 166 Å². The molecule has 0 bridgehead atoms. The van der Waals surface area contributed by atoms with Crippen molar-refractivity contribution in [2.24, 2.45) is 16.8 Å². The van der Waals surface area contributed by atoms with Crippen LogP contribution < -0.4 is 5.32 Å². The minimum atomic E-state index is -0.806. The molecule has 4 heteroatoms. The van der Waals surface area contributed by atoms with Gasteiger partial charge in [-0.25, -0.2) is 4.79 Å². The van der Waals surface area contributed by atoms with Crippen molar-refractivity contribution in [3.63, 3.8) is 0 Å². The van der Waals surface area contributed by atoms with E-state index >= 15 is 0 Å². The summed E-state index contributed by atoms with van der Waals surface area (Å²) in [5.41, 5.74) is 2.52. The van der Waals surface area contributed by atoms with Gasteiger partial charge >= 0.3 is 5.97 Å². The Hall–Kier alpha value is -2.46. The van der Waals surface area contributed by atoms with Gasteiger partial charge in [0, 0.05) is 29.9 Å². The van der Waals surface area contributed by atoms with Gasteiger partial charge in [0.25, 0.3) is 0 Å². The number of benzene rings is 2. The Morgan fingerprint density at radius 2 is 1.96 bits per heavy atom. The standard InChI is InChI=1S/C24H28N2O2/c1-15(20-9-5-7-17-6-3-4-8-21(17)20)26-19-11-10-18(14-19)22-12-13-25-16(2)23(22)24(27)28/h3-9,13,15,18-19,22,26H,10-12,14H2,1-2H3,(H,27,28)/t15?,18?,19-,22?/m1/s1. The molecular weight excluding hydrogens is 348 g/mol. The molecule has 2 aromatic carbocycles. The number of fused-ring (bicyclic) bond motifs is 1. The third-order valence-electron chi connectivity index (χ3n) is 6.45. The molecule has 0 aromatic heterocycles. The maximum atomic E-state index is 11.8. The lowest BCUT2D eigenvalue weighted by Gasteiger charge is -2.27. The Kier molecular flexibility index (Phi) is 5.31. The molecule has 1 saturated carbocycles. The van der Waals surface area contributed by atoms with Gasteiger partial charge < -0.3 is 10.4 Å². The molecule has 4 atom stereocenters. The van der Waals surface area contributed by atoms with Crippen LogP contribution in [0.5, 0.6) is 0 Å². The van der Waals surface area contributed by atoms with Crippen molar-refractivity contribution in [1.82, 2.24) is 5.32 Å². The van der Waals surface area contributed by atoms with E-state index in [0.29, 0.717) is 23.2 Å². The van der Waals surface area contributed by atoms with Crippen LogP contribution in [0.2, 0.25) is 0 Å². The first kappa shape index (κ1) is 18.9. The highest BCUT2D eigenvalue weighted by molar-refractivity contribution is 5.90. The highest BCUT2D eigenvalue weighted by atomic mass is 16.4. The number of allylic oxidation sites excluding steroid dienone is 1. The zero-order valence-electron chi connectivity index (χ0n) is 16.6. The van der Waals surface area contributed by atoms with Crippen LogP contribution in [0, 0.1) is 11.8 Å². The number of nitrogens with zero attached hydrogens (tertiary/aromatic N) is 1. The molecule has 1 aliphatic carbocycles. The van der Waals surface area contributed by atoms with Gasteiger partial charge in [0.2, 0.25) is 0 Å². The average Bonchev–Trinajstić information content (AvgIpc) is 3.15. The highest BCUT2D eigenvalue weighted by Gasteiger charge is 2.37. The normalized spacial score (nSPS) is 26.0. The first-order chi connectivity index (χ1) is 13.5. The maximum absolute atomic E-state index is 11.8. The Bertz CT molecular complexity index is 941. The van der Waals surface area contributed by atoms with Crippen LogP contribution in [-0.2, 0) is 4.79 Å². The summed E-state index contributed by atoms with van der Waals surface area (Å²) in [6.07, 6.45) is 5.83. The Morgan fingerprint density at radius 1 is 1.18 bits per heavy atom. The second-order valence-electron chi connectivity index (χ2n) is 8.18. The monoisotopic (exact) mass is 376 g/mol. The molecule has 2 aliphatic rings. The molecule has 1 fully saturated rings. The van der Waals surface area contributed by atoms with Crippen LogP contribution in [-0.4, -0.2) is 23.3 Å². The molecule has 146 valence electrons. The summed E-state index contributed by atoms with van der Waals surface area (Å²) in [6.45, 7) is 4.05. The number of aliphatic carboxylic acids is 1. The predicted octanol–water partition coefficient (Wildman–Crippen LogP) is 5.11. The minimum absolute atomic E-state index is 0.0923. The summed E-state index contributed by atoms with van der Waals surface area (Å²) in [5.74, 6) is -0.306. The number of rotatable bonds is 5. The number of hydrogen-bond acceptors (Lipinski definition) is 3. The zero-order valence-corrected chi connectivity index (χ0v) is 16.6. The number of nitrogens with one attached hydrogen (secondary N) is 1. The lowest BCUT2D eigenvalue weighted by Crippen LogP contribution is -2.31. The maximum Gasteiger partial charge on any atom is 0.333 e. The van der Waals surface area contributed by atoms with Crippen LogP contribution in [0.15, 0.2) is 58.7 Å². The second-order valence-corrected chi connectivity index (χ2v) is 8.18. The second kappa shape index (κ2) is 7.88. The third-order valence-corrected chi connectivity index (χ3v) is 6.45. The molecule has 0 amide bonds. The van der Waals surface area contributed by atoms with Crippen LogP contribution in [0.4, 0.5) is 0 Å². The summed E-state index contributed by atoms with van der Waals surface area (Å²) in [7, 11) is 0. The van der Waals surface area contributed by atoms with E-state index in [1.165, 1.54) is 16.3 Å². The van der Waals surface area contributed by atoms with E-state index in [9.17, 15) is 9.90 Å². The lowest BCUT2D eigenvalue weighted by molar-refractivity contribution is -0.133. The van der Waals surface area contributed by atoms with Crippen molar-refractivity contribution in [2.45, 2.75) is 51.6 Å². The molecule has 2 aromatic rings. The first-order valence-electron chi connectivity index (χ1n) is 10.2. The molecule has 1 heterocycles. The van der Waals surface area contributed by atoms with Gasteiger partial charge in [0.15, 0.2) is 0 Å². The van der Waals surface area contributed by atoms with Gasteiger partial charge in [-0.05, 0) is 61.8 Å². The fourth-order valence-electron chi connectivity index (χ4n) is 5.11. The van der Waals surface area contributed by atoms with Crippen molar-refractivity contribution >= 4 is 23.0 Å². The molecule has 1 aliphatic heterocycles. The van der Waals surface area contributed by atoms with E-state index in [0.717, 1.165) is 25.7 Å². The molecule has 0 radical (unpaired) electrons. The van der Waals surface area contributed by atoms with Crippen molar-refractivity contribution < 1.29 is 9.90 Å². The first-order valence-corrected chi connectivity index (χ1v) is 10.2. The summed E-state index contributed by atoms with van der Waals surface area (Å²) < 4.78 is 0. The van der Waals surface area contributed by atoms with E-state index in [4.69, 9.17) is 0 Å². The summed E-state index contributed by atoms with van der Waals surface area (Å²) in [4.78, 5) is 16.0. The SMILES string of the molecule is CC1=C(C(=O)O)C(C2CC[C@@H](NC(C)c3cccc4ccccc34)C2)CC=N1. The molecule has 3 unspecified atom stereocenters. The van der Waals surface area contributed by atoms with Crippen LogP contribution in [0.3, 0.4) is 0 Å². The minimum Gasteiger partial charge on any atom is -0.478 e. The number of carboxylic acids is 1. The highest BCUT2D eigenvalue weighted by Crippen LogP contribution is 2.40. The number of aliphatic imine (C=N–C) groups is 1. The quantitative estimate of drug-likeness (QED) is 0.762. The van der Waals surface area contributed by atoms with Gasteiger partial charge in [-0.15, -0.1) is 0 Å². The molecular formula is C24H28N2O2. The molecule has 28 heavy (non-hydrogen) atoms. The third kappa shape index (κ3) is 3.61. The van der Waals surface area contributed by atoms with E-state index < -0.39 is 5.97 Å².